The van der Waals surface area contributed by atoms with Crippen LogP contribution in [0.3, 0.4) is 0 Å². The molecule has 11 heteroatoms. The minimum atomic E-state index is -4.71. The summed E-state index contributed by atoms with van der Waals surface area (Å²) >= 11 is 5.63. The van der Waals surface area contributed by atoms with Crippen LogP contribution in [-0.2, 0) is 17.5 Å². The van der Waals surface area contributed by atoms with E-state index in [-0.39, 0.29) is 17.4 Å². The number of aromatic nitrogens is 3. The minimum absolute atomic E-state index is 0.0222. The second-order valence-electron chi connectivity index (χ2n) is 5.58. The lowest BCUT2D eigenvalue weighted by molar-refractivity contribution is -0.141. The van der Waals surface area contributed by atoms with Crippen molar-refractivity contribution in [2.45, 2.75) is 19.6 Å². The molecule has 2 aromatic rings. The van der Waals surface area contributed by atoms with E-state index in [1.165, 1.54) is 30.2 Å². The van der Waals surface area contributed by atoms with Gasteiger partial charge in [-0.15, -0.1) is 0 Å². The van der Waals surface area contributed by atoms with E-state index >= 15 is 0 Å². The molecule has 0 radical (unpaired) electrons. The average molecular weight is 390 g/mol. The third-order valence-electron chi connectivity index (χ3n) is 3.38. The summed E-state index contributed by atoms with van der Waals surface area (Å²) in [4.78, 5) is 29.1. The highest BCUT2D eigenvalue weighted by Crippen LogP contribution is 2.35. The van der Waals surface area contributed by atoms with Gasteiger partial charge in [0.05, 0.1) is 16.3 Å². The van der Waals surface area contributed by atoms with E-state index in [2.05, 4.69) is 15.4 Å². The Morgan fingerprint density at radius 1 is 1.31 bits per heavy atom. The highest BCUT2D eigenvalue weighted by Gasteiger charge is 2.38. The van der Waals surface area contributed by atoms with Gasteiger partial charge in [-0.25, -0.2) is 4.98 Å². The second kappa shape index (κ2) is 7.32. The van der Waals surface area contributed by atoms with Crippen LogP contribution in [0.25, 0.3) is 0 Å². The fourth-order valence-electron chi connectivity index (χ4n) is 2.03. The fraction of sp³-hybridized carbons (Fsp3) is 0.333. The second-order valence-corrected chi connectivity index (χ2v) is 5.96. The molecule has 0 saturated carbocycles. The Morgan fingerprint density at radius 3 is 2.42 bits per heavy atom. The highest BCUT2D eigenvalue weighted by atomic mass is 35.5. The third-order valence-corrected chi connectivity index (χ3v) is 3.83. The van der Waals surface area contributed by atoms with Crippen molar-refractivity contribution in [2.75, 3.05) is 19.4 Å². The molecule has 2 aromatic heterocycles. The number of pyridine rings is 1. The van der Waals surface area contributed by atoms with Gasteiger partial charge in [0.25, 0.3) is 5.91 Å². The Bertz CT molecular complexity index is 831. The summed E-state index contributed by atoms with van der Waals surface area (Å²) in [5, 5.41) is 5.22. The molecule has 0 aliphatic rings. The number of rotatable bonds is 4. The smallest absolute Gasteiger partial charge is 0.345 e. The number of nitrogens with zero attached hydrogens (tertiary/aromatic N) is 4. The first-order chi connectivity index (χ1) is 12.0. The van der Waals surface area contributed by atoms with Crippen LogP contribution in [0.5, 0.6) is 0 Å². The van der Waals surface area contributed by atoms with Gasteiger partial charge in [0.1, 0.15) is 12.4 Å². The van der Waals surface area contributed by atoms with Gasteiger partial charge in [0.15, 0.2) is 5.69 Å². The van der Waals surface area contributed by atoms with Crippen LogP contribution in [-0.4, -0.2) is 45.6 Å². The molecule has 2 rings (SSSR count). The maximum absolute atomic E-state index is 12.8. The van der Waals surface area contributed by atoms with E-state index in [9.17, 15) is 22.8 Å². The van der Waals surface area contributed by atoms with Gasteiger partial charge in [0.2, 0.25) is 5.91 Å². The number of hydrogen-bond acceptors (Lipinski definition) is 4. The molecule has 0 saturated heterocycles. The lowest BCUT2D eigenvalue weighted by atomic mass is 10.2. The maximum Gasteiger partial charge on any atom is 0.436 e. The number of carbonyl (C=O) groups is 2. The first-order valence-corrected chi connectivity index (χ1v) is 7.66. The third kappa shape index (κ3) is 4.31. The largest absolute Gasteiger partial charge is 0.436 e. The quantitative estimate of drug-likeness (QED) is 0.871. The zero-order chi connectivity index (χ0) is 19.6. The molecular formula is C15H15ClF3N5O2. The number of anilines is 1. The van der Waals surface area contributed by atoms with Crippen molar-refractivity contribution < 1.29 is 22.8 Å². The van der Waals surface area contributed by atoms with Crippen LogP contribution in [0.1, 0.15) is 21.7 Å². The molecule has 0 aliphatic carbocycles. The number of nitrogens with one attached hydrogen (secondary N) is 1. The zero-order valence-corrected chi connectivity index (χ0v) is 14.8. The lowest BCUT2D eigenvalue weighted by Crippen LogP contribution is -2.23. The predicted molar refractivity (Wildman–Crippen MR) is 87.9 cm³/mol. The van der Waals surface area contributed by atoms with Gasteiger partial charge in [-0.1, -0.05) is 11.6 Å². The molecule has 26 heavy (non-hydrogen) atoms. The van der Waals surface area contributed by atoms with Crippen LogP contribution in [0, 0.1) is 6.92 Å². The monoisotopic (exact) mass is 389 g/mol. The normalized spacial score (nSPS) is 11.3. The Morgan fingerprint density at radius 2 is 1.96 bits per heavy atom. The van der Waals surface area contributed by atoms with Gasteiger partial charge < -0.3 is 10.2 Å². The number of alkyl halides is 3. The van der Waals surface area contributed by atoms with Gasteiger partial charge >= 0.3 is 6.18 Å². The summed E-state index contributed by atoms with van der Waals surface area (Å²) in [5.74, 6) is -0.741. The molecule has 0 fully saturated rings. The number of halogens is 4. The number of amides is 2. The molecule has 0 aliphatic heterocycles. The van der Waals surface area contributed by atoms with E-state index in [1.807, 2.05) is 0 Å². The molecular weight excluding hydrogens is 375 g/mol. The van der Waals surface area contributed by atoms with Crippen molar-refractivity contribution in [3.8, 4) is 0 Å². The first-order valence-electron chi connectivity index (χ1n) is 7.28. The summed E-state index contributed by atoms with van der Waals surface area (Å²) < 4.78 is 39.2. The van der Waals surface area contributed by atoms with Gasteiger partial charge in [-0.05, 0) is 19.1 Å². The van der Waals surface area contributed by atoms with E-state index in [0.717, 1.165) is 4.68 Å². The van der Waals surface area contributed by atoms with E-state index in [4.69, 9.17) is 11.6 Å². The molecule has 0 atom stereocenters. The maximum atomic E-state index is 12.8. The fourth-order valence-corrected chi connectivity index (χ4v) is 2.27. The van der Waals surface area contributed by atoms with Crippen LogP contribution in [0.4, 0.5) is 19.0 Å². The Balaban J connectivity index is 2.09. The summed E-state index contributed by atoms with van der Waals surface area (Å²) in [6.07, 6.45) is -3.42. The SMILES string of the molecule is Cc1c(Cl)c(C(F)(F)F)nn1CC(=O)Nc1ccc(C(=O)N(C)C)cn1. The average Bonchev–Trinajstić information content (AvgIpc) is 2.83. The molecule has 0 aromatic carbocycles. The van der Waals surface area contributed by atoms with Crippen LogP contribution in [0.15, 0.2) is 18.3 Å². The first kappa shape index (κ1) is 19.7. The molecule has 0 bridgehead atoms. The number of hydrogen-bond donors (Lipinski definition) is 1. The van der Waals surface area contributed by atoms with Gasteiger partial charge in [-0.3, -0.25) is 14.3 Å². The van der Waals surface area contributed by atoms with Crippen molar-refractivity contribution in [1.82, 2.24) is 19.7 Å². The molecule has 0 spiro atoms. The van der Waals surface area contributed by atoms with Crippen LogP contribution in [0.2, 0.25) is 5.02 Å². The van der Waals surface area contributed by atoms with Crippen molar-refractivity contribution >= 4 is 29.2 Å². The molecule has 1 N–H and O–H groups in total. The van der Waals surface area contributed by atoms with E-state index in [0.29, 0.717) is 5.56 Å². The zero-order valence-electron chi connectivity index (χ0n) is 14.1. The lowest BCUT2D eigenvalue weighted by Gasteiger charge is -2.10. The molecule has 2 heterocycles. The minimum Gasteiger partial charge on any atom is -0.345 e. The standard InChI is InChI=1S/C15H15ClF3N5O2/c1-8-12(16)13(15(17,18)19)22-24(8)7-11(25)21-10-5-4-9(6-20-10)14(26)23(2)3/h4-6H,7H2,1-3H3,(H,20,21,25). The molecule has 0 unspecified atom stereocenters. The van der Waals surface area contributed by atoms with Crippen LogP contribution >= 0.6 is 11.6 Å². The van der Waals surface area contributed by atoms with Crippen molar-refractivity contribution in [1.29, 1.82) is 0 Å². The number of carbonyl (C=O) groups excluding carboxylic acids is 2. The topological polar surface area (TPSA) is 80.1 Å². The Labute approximate surface area is 151 Å². The van der Waals surface area contributed by atoms with Crippen molar-refractivity contribution in [2.24, 2.45) is 0 Å². The molecule has 140 valence electrons. The highest BCUT2D eigenvalue weighted by molar-refractivity contribution is 6.32. The summed E-state index contributed by atoms with van der Waals surface area (Å²) in [7, 11) is 3.18. The Hall–Kier alpha value is -2.62. The summed E-state index contributed by atoms with van der Waals surface area (Å²) in [5.41, 5.74) is -0.888. The van der Waals surface area contributed by atoms with Crippen LogP contribution < -0.4 is 5.32 Å². The van der Waals surface area contributed by atoms with E-state index in [1.54, 1.807) is 14.1 Å². The van der Waals surface area contributed by atoms with Crippen molar-refractivity contribution in [3.63, 3.8) is 0 Å². The van der Waals surface area contributed by atoms with E-state index < -0.39 is 29.3 Å². The Kier molecular flexibility index (Phi) is 5.55. The molecule has 7 nitrogen and oxygen atoms in total. The summed E-state index contributed by atoms with van der Waals surface area (Å²) in [6.45, 7) is 0.861. The molecule has 2 amide bonds. The summed E-state index contributed by atoms with van der Waals surface area (Å²) in [6, 6.07) is 2.89. The van der Waals surface area contributed by atoms with Crippen molar-refractivity contribution in [3.05, 3.63) is 40.3 Å². The predicted octanol–water partition coefficient (Wildman–Crippen LogP) is 2.60. The van der Waals surface area contributed by atoms with Gasteiger partial charge in [0, 0.05) is 20.3 Å². The van der Waals surface area contributed by atoms with Gasteiger partial charge in [-0.2, -0.15) is 18.3 Å².